The molecule has 0 spiro atoms. The van der Waals surface area contributed by atoms with Gasteiger partial charge in [0.05, 0.1) is 0 Å². The average molecular weight is 848 g/mol. The molecule has 2 atom stereocenters. The van der Waals surface area contributed by atoms with Crippen LogP contribution in [0.1, 0.15) is 40.2 Å². The van der Waals surface area contributed by atoms with Crippen LogP contribution in [0.4, 0.5) is 5.13 Å². The number of thiazole rings is 1. The Hall–Kier alpha value is -6.23. The number of anilines is 1. The summed E-state index contributed by atoms with van der Waals surface area (Å²) in [7, 11) is 0. The molecule has 1 fully saturated rings. The van der Waals surface area contributed by atoms with Gasteiger partial charge in [-0.2, -0.15) is 11.8 Å². The summed E-state index contributed by atoms with van der Waals surface area (Å²) < 4.78 is 12.0. The number of oxime groups is 1. The molecule has 2 aliphatic rings. The minimum absolute atomic E-state index is 0.0240. The van der Waals surface area contributed by atoms with Gasteiger partial charge in [0.1, 0.15) is 22.8 Å². The highest BCUT2D eigenvalue weighted by atomic mass is 32.2. The maximum Gasteiger partial charge on any atom is 0.356 e. The van der Waals surface area contributed by atoms with Gasteiger partial charge in [-0.15, -0.1) is 23.1 Å². The number of β-lactam (4-membered cyclic amide) rings is 1. The maximum absolute atomic E-state index is 14.2. The summed E-state index contributed by atoms with van der Waals surface area (Å²) in [5.41, 5.74) is 3.58. The molecule has 0 radical (unpaired) electrons. The molecule has 4 aromatic carbocycles. The van der Waals surface area contributed by atoms with E-state index in [9.17, 15) is 24.0 Å². The van der Waals surface area contributed by atoms with E-state index in [0.717, 1.165) is 39.2 Å². The van der Waals surface area contributed by atoms with Crippen LogP contribution in [0.5, 0.6) is 0 Å². The van der Waals surface area contributed by atoms with Crippen molar-refractivity contribution >= 4 is 75.9 Å². The van der Waals surface area contributed by atoms with E-state index < -0.39 is 54.0 Å². The summed E-state index contributed by atoms with van der Waals surface area (Å²) in [6.07, 6.45) is 0.884. The molecule has 59 heavy (non-hydrogen) atoms. The SMILES string of the molecule is CSCC1=C(C(=O)OC(c2ccccc2)c2ccccc2)N2C(=O)C(NC(=O)/C(=N\OCC(=O)OC(c3ccccc3)c3ccccc3)c3csc(NC=O)n3)[C@H]2SC1. The molecule has 13 nitrogen and oxygen atoms in total. The van der Waals surface area contributed by atoms with Crippen molar-refractivity contribution in [3.63, 3.8) is 0 Å². The second-order valence-electron chi connectivity index (χ2n) is 13.1. The molecular formula is C43H37N5O8S3. The Kier molecular flexibility index (Phi) is 13.5. The molecule has 3 amide bonds. The van der Waals surface area contributed by atoms with Crippen molar-refractivity contribution in [1.82, 2.24) is 15.2 Å². The predicted octanol–water partition coefficient (Wildman–Crippen LogP) is 6.11. The lowest BCUT2D eigenvalue weighted by atomic mass is 10.0. The Morgan fingerprint density at radius 3 is 1.93 bits per heavy atom. The second-order valence-corrected chi connectivity index (χ2v) is 15.9. The van der Waals surface area contributed by atoms with Crippen molar-refractivity contribution in [2.24, 2.45) is 5.16 Å². The summed E-state index contributed by atoms with van der Waals surface area (Å²) in [5, 5.41) is 10.2. The minimum Gasteiger partial charge on any atom is -0.450 e. The van der Waals surface area contributed by atoms with Gasteiger partial charge in [-0.1, -0.05) is 126 Å². The Balaban J connectivity index is 1.08. The van der Waals surface area contributed by atoms with Gasteiger partial charge >= 0.3 is 11.9 Å². The number of ether oxygens (including phenoxy) is 2. The van der Waals surface area contributed by atoms with E-state index in [1.54, 1.807) is 0 Å². The first-order valence-electron chi connectivity index (χ1n) is 18.3. The molecule has 1 aromatic heterocycles. The van der Waals surface area contributed by atoms with Crippen LogP contribution in [0.25, 0.3) is 0 Å². The van der Waals surface area contributed by atoms with Crippen molar-refractivity contribution < 1.29 is 38.3 Å². The van der Waals surface area contributed by atoms with Crippen molar-refractivity contribution in [3.8, 4) is 0 Å². The smallest absolute Gasteiger partial charge is 0.356 e. The molecule has 0 saturated carbocycles. The number of hydrogen-bond donors (Lipinski definition) is 2. The van der Waals surface area contributed by atoms with E-state index in [1.165, 1.54) is 33.8 Å². The third-order valence-corrected chi connectivity index (χ3v) is 12.0. The van der Waals surface area contributed by atoms with Gasteiger partial charge in [0.15, 0.2) is 23.1 Å². The van der Waals surface area contributed by atoms with Gasteiger partial charge in [0.25, 0.3) is 11.8 Å². The highest BCUT2D eigenvalue weighted by molar-refractivity contribution is 8.00. The third-order valence-electron chi connectivity index (χ3n) is 9.21. The zero-order chi connectivity index (χ0) is 41.1. The molecule has 1 unspecified atom stereocenters. The first-order chi connectivity index (χ1) is 28.9. The standard InChI is InChI=1S/C43H37N5O8S3/c1-57-23-31-24-58-41-35(40(52)48(41)36(31)42(53)56-38(29-18-10-4-11-19-29)30-20-12-5-13-21-30)46-39(51)34(32-25-59-43(45-32)44-26-49)47-54-22-33(50)55-37(27-14-6-2-7-15-27)28-16-8-3-9-17-28/h2-21,25-26,35,37-38,41H,22-24H2,1H3,(H,46,51)(H,44,45,49)/b47-34-/t35?,41-/m1/s1. The lowest BCUT2D eigenvalue weighted by molar-refractivity contribution is -0.154. The van der Waals surface area contributed by atoms with Crippen LogP contribution in [-0.4, -0.2) is 81.5 Å². The number of thioether (sulfide) groups is 2. The highest BCUT2D eigenvalue weighted by Crippen LogP contribution is 2.42. The van der Waals surface area contributed by atoms with E-state index >= 15 is 0 Å². The normalized spacial score (nSPS) is 16.2. The molecule has 5 aromatic rings. The van der Waals surface area contributed by atoms with Crippen LogP contribution in [0.3, 0.4) is 0 Å². The molecule has 16 heteroatoms. The van der Waals surface area contributed by atoms with E-state index in [4.69, 9.17) is 14.3 Å². The lowest BCUT2D eigenvalue weighted by Gasteiger charge is -2.49. The monoisotopic (exact) mass is 847 g/mol. The fourth-order valence-corrected chi connectivity index (χ4v) is 9.23. The zero-order valence-electron chi connectivity index (χ0n) is 31.5. The fourth-order valence-electron chi connectivity index (χ4n) is 6.52. The Morgan fingerprint density at radius 1 is 0.864 bits per heavy atom. The fraction of sp³-hybridized carbons (Fsp3) is 0.186. The van der Waals surface area contributed by atoms with Crippen LogP contribution in [0.2, 0.25) is 0 Å². The quantitative estimate of drug-likeness (QED) is 0.0365. The van der Waals surface area contributed by atoms with E-state index in [-0.39, 0.29) is 22.2 Å². The number of fused-ring (bicyclic) bond motifs is 1. The average Bonchev–Trinajstić information content (AvgIpc) is 3.74. The Bertz CT molecular complexity index is 2270. The summed E-state index contributed by atoms with van der Waals surface area (Å²) in [6, 6.07) is 36.1. The van der Waals surface area contributed by atoms with Crippen LogP contribution in [0, 0.1) is 0 Å². The highest BCUT2D eigenvalue weighted by Gasteiger charge is 2.55. The van der Waals surface area contributed by atoms with Crippen LogP contribution in [0.15, 0.2) is 143 Å². The molecule has 2 N–H and O–H groups in total. The van der Waals surface area contributed by atoms with Gasteiger partial charge in [-0.25, -0.2) is 14.6 Å². The number of carbonyl (C=O) groups is 5. The van der Waals surface area contributed by atoms with Crippen molar-refractivity contribution in [2.75, 3.05) is 29.7 Å². The number of carbonyl (C=O) groups excluding carboxylic acids is 5. The zero-order valence-corrected chi connectivity index (χ0v) is 33.9. The molecule has 300 valence electrons. The number of amides is 3. The van der Waals surface area contributed by atoms with E-state index in [0.29, 0.717) is 17.9 Å². The molecule has 0 aliphatic carbocycles. The molecule has 1 saturated heterocycles. The van der Waals surface area contributed by atoms with Gasteiger partial charge < -0.3 is 24.9 Å². The Labute approximate surface area is 352 Å². The number of benzene rings is 4. The summed E-state index contributed by atoms with van der Waals surface area (Å²) in [4.78, 5) is 77.4. The van der Waals surface area contributed by atoms with Crippen LogP contribution < -0.4 is 10.6 Å². The maximum atomic E-state index is 14.2. The van der Waals surface area contributed by atoms with Crippen LogP contribution in [-0.2, 0) is 38.3 Å². The number of nitrogens with one attached hydrogen (secondary N) is 2. The lowest BCUT2D eigenvalue weighted by Crippen LogP contribution is -2.71. The Morgan fingerprint density at radius 2 is 1.41 bits per heavy atom. The number of aromatic nitrogens is 1. The van der Waals surface area contributed by atoms with Gasteiger partial charge in [0.2, 0.25) is 13.0 Å². The number of nitrogens with zero attached hydrogens (tertiary/aromatic N) is 3. The molecule has 2 aliphatic heterocycles. The number of hydrogen-bond acceptors (Lipinski definition) is 13. The molecule has 0 bridgehead atoms. The third kappa shape index (κ3) is 9.57. The van der Waals surface area contributed by atoms with Gasteiger partial charge in [-0.3, -0.25) is 19.3 Å². The summed E-state index contributed by atoms with van der Waals surface area (Å²) in [5.74, 6) is -1.86. The molecular weight excluding hydrogens is 811 g/mol. The minimum atomic E-state index is -1.05. The van der Waals surface area contributed by atoms with Gasteiger partial charge in [0, 0.05) is 16.9 Å². The summed E-state index contributed by atoms with van der Waals surface area (Å²) >= 11 is 3.95. The number of rotatable bonds is 17. The summed E-state index contributed by atoms with van der Waals surface area (Å²) in [6.45, 7) is -0.660. The van der Waals surface area contributed by atoms with Crippen molar-refractivity contribution in [1.29, 1.82) is 0 Å². The number of esters is 2. The van der Waals surface area contributed by atoms with Crippen molar-refractivity contribution in [3.05, 3.63) is 166 Å². The van der Waals surface area contributed by atoms with E-state index in [2.05, 4.69) is 20.8 Å². The topological polar surface area (TPSA) is 166 Å². The first kappa shape index (κ1) is 40.9. The molecule has 7 rings (SSSR count). The van der Waals surface area contributed by atoms with E-state index in [1.807, 2.05) is 128 Å². The second kappa shape index (κ2) is 19.5. The largest absolute Gasteiger partial charge is 0.450 e. The van der Waals surface area contributed by atoms with Gasteiger partial charge in [-0.05, 0) is 34.1 Å². The first-order valence-corrected chi connectivity index (χ1v) is 21.6. The van der Waals surface area contributed by atoms with Crippen LogP contribution >= 0.6 is 34.9 Å². The predicted molar refractivity (Wildman–Crippen MR) is 226 cm³/mol. The van der Waals surface area contributed by atoms with Crippen molar-refractivity contribution in [2.45, 2.75) is 23.6 Å². The molecule has 3 heterocycles.